The van der Waals surface area contributed by atoms with Crippen LogP contribution in [-0.4, -0.2) is 74.0 Å². The number of allylic oxidation sites excluding steroid dienone is 1. The van der Waals surface area contributed by atoms with Crippen LogP contribution in [0, 0.1) is 28.6 Å². The Balaban J connectivity index is 1.34. The van der Waals surface area contributed by atoms with Gasteiger partial charge in [-0.2, -0.15) is 0 Å². The van der Waals surface area contributed by atoms with E-state index >= 15 is 0 Å². The first-order chi connectivity index (χ1) is 15.9. The van der Waals surface area contributed by atoms with Gasteiger partial charge in [0.1, 0.15) is 6.10 Å². The van der Waals surface area contributed by atoms with Gasteiger partial charge in [-0.25, -0.2) is 0 Å². The zero-order valence-electron chi connectivity index (χ0n) is 21.1. The fourth-order valence-electron chi connectivity index (χ4n) is 8.83. The molecule has 0 aromatic heterocycles. The van der Waals surface area contributed by atoms with E-state index < -0.39 is 47.8 Å². The zero-order chi connectivity index (χ0) is 24.6. The van der Waals surface area contributed by atoms with Crippen LogP contribution in [0.5, 0.6) is 0 Å². The summed E-state index contributed by atoms with van der Waals surface area (Å²) in [6.07, 6.45) is 4.04. The minimum Gasteiger partial charge on any atom is -0.393 e. The Morgan fingerprint density at radius 2 is 1.82 bits per heavy atom. The number of rotatable bonds is 3. The van der Waals surface area contributed by atoms with Crippen molar-refractivity contribution in [2.45, 2.75) is 128 Å². The molecule has 0 unspecified atom stereocenters. The van der Waals surface area contributed by atoms with Crippen molar-refractivity contribution in [1.82, 2.24) is 0 Å². The highest BCUT2D eigenvalue weighted by atomic mass is 16.7. The molecule has 4 aliphatic carbocycles. The molecule has 7 nitrogen and oxygen atoms in total. The second kappa shape index (κ2) is 8.51. The highest BCUT2D eigenvalue weighted by Crippen LogP contribution is 2.68. The zero-order valence-corrected chi connectivity index (χ0v) is 21.1. The van der Waals surface area contributed by atoms with Crippen molar-refractivity contribution in [2.24, 2.45) is 28.6 Å². The standard InChI is InChI=1S/C27H44O7/c1-14(28)18-8-10-27(32)19-6-5-16-11-17(34-23-13-21(29)24(31)15(2)33-23)7-9-25(16,3)20(19)12-22(30)26(18,27)4/h5,14-15,17-24,28-32H,6-13H2,1-4H3/t14-,15-,17+,18-,19-,20+,21-,22-,23+,24-,25+,26+,27+/m1/s1. The average Bonchev–Trinajstić information content (AvgIpc) is 3.06. The van der Waals surface area contributed by atoms with Gasteiger partial charge < -0.3 is 35.0 Å². The quantitative estimate of drug-likeness (QED) is 0.393. The van der Waals surface area contributed by atoms with Crippen LogP contribution < -0.4 is 0 Å². The molecule has 1 aliphatic heterocycles. The van der Waals surface area contributed by atoms with E-state index in [1.165, 1.54) is 5.57 Å². The molecule has 7 heteroatoms. The van der Waals surface area contributed by atoms with Crippen LogP contribution in [0.1, 0.15) is 79.1 Å². The molecule has 0 spiro atoms. The predicted molar refractivity (Wildman–Crippen MR) is 126 cm³/mol. The largest absolute Gasteiger partial charge is 0.393 e. The summed E-state index contributed by atoms with van der Waals surface area (Å²) in [5, 5.41) is 54.1. The van der Waals surface area contributed by atoms with E-state index in [-0.39, 0.29) is 35.7 Å². The van der Waals surface area contributed by atoms with Crippen molar-refractivity contribution in [3.8, 4) is 0 Å². The molecule has 5 aliphatic rings. The lowest BCUT2D eigenvalue weighted by Crippen LogP contribution is -2.66. The lowest BCUT2D eigenvalue weighted by atomic mass is 9.45. The number of fused-ring (bicyclic) bond motifs is 5. The number of hydrogen-bond donors (Lipinski definition) is 5. The third-order valence-corrected chi connectivity index (χ3v) is 11.0. The van der Waals surface area contributed by atoms with E-state index in [1.807, 2.05) is 6.92 Å². The van der Waals surface area contributed by atoms with E-state index in [2.05, 4.69) is 13.0 Å². The van der Waals surface area contributed by atoms with E-state index in [1.54, 1.807) is 13.8 Å². The fourth-order valence-corrected chi connectivity index (χ4v) is 8.83. The van der Waals surface area contributed by atoms with Crippen LogP contribution in [0.4, 0.5) is 0 Å². The maximum atomic E-state index is 12.1. The van der Waals surface area contributed by atoms with Gasteiger partial charge in [0, 0.05) is 11.8 Å². The molecule has 0 bridgehead atoms. The first-order valence-corrected chi connectivity index (χ1v) is 13.4. The van der Waals surface area contributed by atoms with E-state index in [4.69, 9.17) is 9.47 Å². The van der Waals surface area contributed by atoms with Gasteiger partial charge in [0.05, 0.1) is 36.1 Å². The van der Waals surface area contributed by atoms with E-state index in [0.29, 0.717) is 12.8 Å². The molecule has 3 saturated carbocycles. The molecule has 4 fully saturated rings. The molecular formula is C27H44O7. The molecule has 1 saturated heterocycles. The van der Waals surface area contributed by atoms with Crippen molar-refractivity contribution in [2.75, 3.05) is 0 Å². The molecule has 0 radical (unpaired) electrons. The summed E-state index contributed by atoms with van der Waals surface area (Å²) in [5.41, 5.74) is -0.414. The predicted octanol–water partition coefficient (Wildman–Crippen LogP) is 2.27. The summed E-state index contributed by atoms with van der Waals surface area (Å²) in [5.74, 6) is 0.176. The summed E-state index contributed by atoms with van der Waals surface area (Å²) >= 11 is 0. The summed E-state index contributed by atoms with van der Waals surface area (Å²) in [6.45, 7) is 7.84. The Labute approximate surface area is 203 Å². The minimum atomic E-state index is -0.974. The molecule has 13 atom stereocenters. The molecule has 0 aromatic rings. The van der Waals surface area contributed by atoms with Crippen LogP contribution in [0.15, 0.2) is 11.6 Å². The molecule has 5 N–H and O–H groups in total. The summed E-state index contributed by atoms with van der Waals surface area (Å²) < 4.78 is 12.1. The Kier molecular flexibility index (Phi) is 6.28. The van der Waals surface area contributed by atoms with Gasteiger partial charge in [0.15, 0.2) is 6.29 Å². The van der Waals surface area contributed by atoms with Gasteiger partial charge in [0.25, 0.3) is 0 Å². The lowest BCUT2D eigenvalue weighted by molar-refractivity contribution is -0.264. The van der Waals surface area contributed by atoms with Crippen LogP contribution in [-0.2, 0) is 9.47 Å². The van der Waals surface area contributed by atoms with E-state index in [0.717, 1.165) is 32.1 Å². The molecule has 0 amide bonds. The second-order valence-electron chi connectivity index (χ2n) is 12.5. The fraction of sp³-hybridized carbons (Fsp3) is 0.926. The van der Waals surface area contributed by atoms with Crippen molar-refractivity contribution in [1.29, 1.82) is 0 Å². The van der Waals surface area contributed by atoms with Crippen LogP contribution in [0.3, 0.4) is 0 Å². The smallest absolute Gasteiger partial charge is 0.161 e. The normalized spacial score (nSPS) is 56.1. The molecular weight excluding hydrogens is 436 g/mol. The number of ether oxygens (including phenoxy) is 2. The molecule has 5 rings (SSSR count). The highest BCUT2D eigenvalue weighted by molar-refractivity contribution is 5.29. The van der Waals surface area contributed by atoms with Crippen molar-refractivity contribution < 1.29 is 35.0 Å². The molecule has 34 heavy (non-hydrogen) atoms. The number of aliphatic hydroxyl groups is 5. The first kappa shape index (κ1) is 25.1. The average molecular weight is 481 g/mol. The third kappa shape index (κ3) is 3.49. The van der Waals surface area contributed by atoms with Crippen molar-refractivity contribution in [3.63, 3.8) is 0 Å². The monoisotopic (exact) mass is 480 g/mol. The van der Waals surface area contributed by atoms with Gasteiger partial charge >= 0.3 is 0 Å². The molecule has 0 aromatic carbocycles. The lowest BCUT2D eigenvalue weighted by Gasteiger charge is -2.63. The Hall–Kier alpha value is -0.540. The summed E-state index contributed by atoms with van der Waals surface area (Å²) in [7, 11) is 0. The topological polar surface area (TPSA) is 120 Å². The summed E-state index contributed by atoms with van der Waals surface area (Å²) in [4.78, 5) is 0. The van der Waals surface area contributed by atoms with Gasteiger partial charge in [-0.1, -0.05) is 25.5 Å². The molecule has 1 heterocycles. The maximum Gasteiger partial charge on any atom is 0.161 e. The van der Waals surface area contributed by atoms with E-state index in [9.17, 15) is 25.5 Å². The van der Waals surface area contributed by atoms with Crippen LogP contribution in [0.25, 0.3) is 0 Å². The van der Waals surface area contributed by atoms with Gasteiger partial charge in [-0.05, 0) is 82.0 Å². The molecule has 194 valence electrons. The SMILES string of the molecule is C[C@@H](O)[C@H]1CC[C@]2(O)[C@@H]3CC=C4C[C@@H](O[C@H]5C[C@@H](O)[C@H](O)[C@@H](C)O5)CC[C@]4(C)[C@H]3C[C@@H](O)[C@]12C. The van der Waals surface area contributed by atoms with Crippen molar-refractivity contribution >= 4 is 0 Å². The van der Waals surface area contributed by atoms with Crippen LogP contribution >= 0.6 is 0 Å². The Bertz CT molecular complexity index is 803. The summed E-state index contributed by atoms with van der Waals surface area (Å²) in [6, 6.07) is 0. The van der Waals surface area contributed by atoms with Gasteiger partial charge in [-0.3, -0.25) is 0 Å². The third-order valence-electron chi connectivity index (χ3n) is 11.0. The number of hydrogen-bond acceptors (Lipinski definition) is 7. The highest BCUT2D eigenvalue weighted by Gasteiger charge is 2.70. The van der Waals surface area contributed by atoms with Gasteiger partial charge in [0.2, 0.25) is 0 Å². The second-order valence-corrected chi connectivity index (χ2v) is 12.5. The Morgan fingerprint density at radius 1 is 1.09 bits per heavy atom. The van der Waals surface area contributed by atoms with Gasteiger partial charge in [-0.15, -0.1) is 0 Å². The maximum absolute atomic E-state index is 12.1. The number of aliphatic hydroxyl groups excluding tert-OH is 4. The minimum absolute atomic E-state index is 0.0107. The van der Waals surface area contributed by atoms with Crippen molar-refractivity contribution in [3.05, 3.63) is 11.6 Å². The Morgan fingerprint density at radius 3 is 2.50 bits per heavy atom. The first-order valence-electron chi connectivity index (χ1n) is 13.4. The van der Waals surface area contributed by atoms with Crippen LogP contribution in [0.2, 0.25) is 0 Å².